The molecule has 0 bridgehead atoms. The van der Waals surface area contributed by atoms with E-state index < -0.39 is 0 Å². The number of imidazole rings is 1. The van der Waals surface area contributed by atoms with Crippen LogP contribution in [0.15, 0.2) is 42.5 Å². The van der Waals surface area contributed by atoms with Crippen LogP contribution in [0.5, 0.6) is 0 Å². The predicted molar refractivity (Wildman–Crippen MR) is 88.8 cm³/mol. The zero-order valence-electron chi connectivity index (χ0n) is 13.2. The van der Waals surface area contributed by atoms with Gasteiger partial charge in [0.1, 0.15) is 5.65 Å². The lowest BCUT2D eigenvalue weighted by atomic mass is 10.00. The monoisotopic (exact) mass is 289 g/mol. The molecule has 0 aliphatic rings. The highest BCUT2D eigenvalue weighted by Crippen LogP contribution is 2.27. The molecule has 0 saturated heterocycles. The quantitative estimate of drug-likeness (QED) is 0.712. The molecular formula is C19H19N3. The maximum Gasteiger partial charge on any atom is 0.137 e. The maximum absolute atomic E-state index is 9.19. The van der Waals surface area contributed by atoms with Gasteiger partial charge in [-0.05, 0) is 30.5 Å². The van der Waals surface area contributed by atoms with Crippen LogP contribution >= 0.6 is 0 Å². The van der Waals surface area contributed by atoms with Gasteiger partial charge in [0.2, 0.25) is 0 Å². The SMILES string of the molecule is Cc1cccc2nc(-c3ccc(C(C)C)cc3)c(CC#N)n12. The Morgan fingerprint density at radius 1 is 1.14 bits per heavy atom. The number of aryl methyl sites for hydroxylation is 1. The lowest BCUT2D eigenvalue weighted by Gasteiger charge is -2.07. The van der Waals surface area contributed by atoms with Crippen molar-refractivity contribution in [1.82, 2.24) is 9.38 Å². The van der Waals surface area contributed by atoms with Crippen molar-refractivity contribution in [1.29, 1.82) is 5.26 Å². The summed E-state index contributed by atoms with van der Waals surface area (Å²) in [5, 5.41) is 9.19. The van der Waals surface area contributed by atoms with Crippen molar-refractivity contribution in [3.8, 4) is 17.3 Å². The van der Waals surface area contributed by atoms with Crippen LogP contribution < -0.4 is 0 Å². The zero-order chi connectivity index (χ0) is 15.7. The van der Waals surface area contributed by atoms with Crippen LogP contribution in [0.25, 0.3) is 16.9 Å². The largest absolute Gasteiger partial charge is 0.300 e. The van der Waals surface area contributed by atoms with Crippen molar-refractivity contribution < 1.29 is 0 Å². The van der Waals surface area contributed by atoms with Gasteiger partial charge in [0.15, 0.2) is 0 Å². The van der Waals surface area contributed by atoms with E-state index in [4.69, 9.17) is 4.98 Å². The van der Waals surface area contributed by atoms with E-state index in [1.54, 1.807) is 0 Å². The van der Waals surface area contributed by atoms with E-state index in [-0.39, 0.29) is 0 Å². The number of nitriles is 1. The first-order chi connectivity index (χ1) is 10.6. The Labute approximate surface area is 130 Å². The molecule has 0 unspecified atom stereocenters. The summed E-state index contributed by atoms with van der Waals surface area (Å²) in [6.45, 7) is 6.41. The van der Waals surface area contributed by atoms with Gasteiger partial charge in [-0.2, -0.15) is 5.26 Å². The summed E-state index contributed by atoms with van der Waals surface area (Å²) in [6.07, 6.45) is 0.354. The third kappa shape index (κ3) is 2.37. The fraction of sp³-hybridized carbons (Fsp3) is 0.263. The molecule has 2 aromatic heterocycles. The van der Waals surface area contributed by atoms with Crippen LogP contribution in [-0.2, 0) is 6.42 Å². The molecule has 0 aliphatic carbocycles. The first kappa shape index (κ1) is 14.3. The molecule has 1 aromatic carbocycles. The molecule has 3 aromatic rings. The number of rotatable bonds is 3. The summed E-state index contributed by atoms with van der Waals surface area (Å²) < 4.78 is 2.08. The Hall–Kier alpha value is -2.60. The lowest BCUT2D eigenvalue weighted by Crippen LogP contribution is -1.97. The molecule has 0 amide bonds. The molecule has 3 heteroatoms. The summed E-state index contributed by atoms with van der Waals surface area (Å²) in [5.74, 6) is 0.510. The van der Waals surface area contributed by atoms with E-state index in [0.717, 1.165) is 28.3 Å². The molecule has 0 radical (unpaired) electrons. The van der Waals surface area contributed by atoms with Crippen molar-refractivity contribution >= 4 is 5.65 Å². The first-order valence-electron chi connectivity index (χ1n) is 7.56. The Balaban J connectivity index is 2.20. The van der Waals surface area contributed by atoms with Crippen LogP contribution in [-0.4, -0.2) is 9.38 Å². The van der Waals surface area contributed by atoms with Crippen LogP contribution in [0.3, 0.4) is 0 Å². The molecule has 0 fully saturated rings. The summed E-state index contributed by atoms with van der Waals surface area (Å²) in [7, 11) is 0. The third-order valence-corrected chi connectivity index (χ3v) is 4.03. The van der Waals surface area contributed by atoms with Crippen LogP contribution in [0.1, 0.15) is 36.7 Å². The van der Waals surface area contributed by atoms with E-state index in [1.807, 2.05) is 25.1 Å². The average Bonchev–Trinajstić information content (AvgIpc) is 2.88. The Bertz CT molecular complexity index is 849. The Morgan fingerprint density at radius 3 is 2.50 bits per heavy atom. The van der Waals surface area contributed by atoms with Gasteiger partial charge in [-0.1, -0.05) is 44.2 Å². The average molecular weight is 289 g/mol. The van der Waals surface area contributed by atoms with Gasteiger partial charge >= 0.3 is 0 Å². The second-order valence-corrected chi connectivity index (χ2v) is 5.88. The number of hydrogen-bond acceptors (Lipinski definition) is 2. The normalized spacial score (nSPS) is 11.0. The topological polar surface area (TPSA) is 41.1 Å². The fourth-order valence-corrected chi connectivity index (χ4v) is 2.82. The standard InChI is InChI=1S/C19H19N3/c1-13(2)15-7-9-16(10-8-15)19-17(11-12-20)22-14(3)5-4-6-18(22)21-19/h4-10,13H,11H2,1-3H3. The van der Waals surface area contributed by atoms with E-state index >= 15 is 0 Å². The van der Waals surface area contributed by atoms with Crippen molar-refractivity contribution in [2.45, 2.75) is 33.1 Å². The molecule has 0 N–H and O–H groups in total. The summed E-state index contributed by atoms with van der Waals surface area (Å²) in [5.41, 5.74) is 6.25. The second-order valence-electron chi connectivity index (χ2n) is 5.88. The molecule has 0 atom stereocenters. The molecule has 0 saturated carbocycles. The van der Waals surface area contributed by atoms with Crippen LogP contribution in [0.4, 0.5) is 0 Å². The van der Waals surface area contributed by atoms with Crippen LogP contribution in [0.2, 0.25) is 0 Å². The molecule has 3 nitrogen and oxygen atoms in total. The minimum atomic E-state index is 0.354. The highest BCUT2D eigenvalue weighted by Gasteiger charge is 2.15. The third-order valence-electron chi connectivity index (χ3n) is 4.03. The molecule has 3 rings (SSSR count). The maximum atomic E-state index is 9.19. The smallest absolute Gasteiger partial charge is 0.137 e. The number of nitrogens with zero attached hydrogens (tertiary/aromatic N) is 3. The van der Waals surface area contributed by atoms with E-state index in [9.17, 15) is 5.26 Å². The number of aromatic nitrogens is 2. The Kier molecular flexibility index (Phi) is 3.68. The highest BCUT2D eigenvalue weighted by molar-refractivity contribution is 5.67. The van der Waals surface area contributed by atoms with Gasteiger partial charge in [-0.3, -0.25) is 4.40 Å². The van der Waals surface area contributed by atoms with Gasteiger partial charge in [0.05, 0.1) is 23.9 Å². The Morgan fingerprint density at radius 2 is 1.86 bits per heavy atom. The summed E-state index contributed by atoms with van der Waals surface area (Å²) in [4.78, 5) is 4.75. The number of fused-ring (bicyclic) bond motifs is 1. The van der Waals surface area contributed by atoms with Gasteiger partial charge in [-0.25, -0.2) is 4.98 Å². The number of hydrogen-bond donors (Lipinski definition) is 0. The predicted octanol–water partition coefficient (Wildman–Crippen LogP) is 4.50. The van der Waals surface area contributed by atoms with Crippen molar-refractivity contribution in [2.24, 2.45) is 0 Å². The molecule has 2 heterocycles. The minimum Gasteiger partial charge on any atom is -0.300 e. The second kappa shape index (κ2) is 5.65. The molecular weight excluding hydrogens is 270 g/mol. The molecule has 22 heavy (non-hydrogen) atoms. The van der Waals surface area contributed by atoms with Crippen molar-refractivity contribution in [3.05, 3.63) is 59.4 Å². The minimum absolute atomic E-state index is 0.354. The lowest BCUT2D eigenvalue weighted by molar-refractivity contribution is 0.867. The van der Waals surface area contributed by atoms with E-state index in [1.165, 1.54) is 5.56 Å². The van der Waals surface area contributed by atoms with Gasteiger partial charge in [0.25, 0.3) is 0 Å². The molecule has 0 aliphatic heterocycles. The van der Waals surface area contributed by atoms with Crippen LogP contribution in [0, 0.1) is 18.3 Å². The molecule has 110 valence electrons. The number of benzene rings is 1. The van der Waals surface area contributed by atoms with E-state index in [2.05, 4.69) is 48.6 Å². The zero-order valence-corrected chi connectivity index (χ0v) is 13.2. The number of pyridine rings is 1. The summed E-state index contributed by atoms with van der Waals surface area (Å²) >= 11 is 0. The van der Waals surface area contributed by atoms with E-state index in [0.29, 0.717) is 12.3 Å². The van der Waals surface area contributed by atoms with Crippen molar-refractivity contribution in [2.75, 3.05) is 0 Å². The summed E-state index contributed by atoms with van der Waals surface area (Å²) in [6, 6.07) is 16.8. The fourth-order valence-electron chi connectivity index (χ4n) is 2.82. The highest BCUT2D eigenvalue weighted by atomic mass is 15.0. The van der Waals surface area contributed by atoms with Gasteiger partial charge in [-0.15, -0.1) is 0 Å². The molecule has 0 spiro atoms. The van der Waals surface area contributed by atoms with Gasteiger partial charge < -0.3 is 0 Å². The first-order valence-corrected chi connectivity index (χ1v) is 7.56. The van der Waals surface area contributed by atoms with Crippen molar-refractivity contribution in [3.63, 3.8) is 0 Å². The van der Waals surface area contributed by atoms with Gasteiger partial charge in [0, 0.05) is 11.3 Å².